The zero-order chi connectivity index (χ0) is 17.4. The fourth-order valence-corrected chi connectivity index (χ4v) is 2.75. The van der Waals surface area contributed by atoms with E-state index in [1.807, 2.05) is 30.3 Å². The summed E-state index contributed by atoms with van der Waals surface area (Å²) < 4.78 is 5.30. The second-order valence-electron chi connectivity index (χ2n) is 5.83. The summed E-state index contributed by atoms with van der Waals surface area (Å²) in [7, 11) is 0. The Morgan fingerprint density at radius 3 is 2.50 bits per heavy atom. The van der Waals surface area contributed by atoms with Gasteiger partial charge in [0.1, 0.15) is 0 Å². The quantitative estimate of drug-likeness (QED) is 0.679. The molecule has 2 amide bonds. The van der Waals surface area contributed by atoms with E-state index in [0.717, 1.165) is 5.56 Å². The minimum atomic E-state index is -0.610. The minimum Gasteiger partial charge on any atom is -0.378 e. The van der Waals surface area contributed by atoms with Gasteiger partial charge in [0.25, 0.3) is 0 Å². The number of rotatable bonds is 8. The lowest BCUT2D eigenvalue weighted by molar-refractivity contribution is -0.138. The molecule has 1 fully saturated rings. The average molecular weight is 331 g/mol. The summed E-state index contributed by atoms with van der Waals surface area (Å²) in [4.78, 5) is 26.3. The predicted octanol–water partition coefficient (Wildman–Crippen LogP) is 0.476. The number of hydrogen-bond donors (Lipinski definition) is 2. The van der Waals surface area contributed by atoms with Gasteiger partial charge in [-0.15, -0.1) is 6.58 Å². The molecule has 0 aromatic heterocycles. The average Bonchev–Trinajstić information content (AvgIpc) is 2.61. The van der Waals surface area contributed by atoms with Gasteiger partial charge in [0.05, 0.1) is 25.3 Å². The van der Waals surface area contributed by atoms with Gasteiger partial charge in [0, 0.05) is 13.1 Å². The highest BCUT2D eigenvalue weighted by Gasteiger charge is 2.29. The Morgan fingerprint density at radius 1 is 1.25 bits per heavy atom. The third-order valence-electron chi connectivity index (χ3n) is 4.05. The number of carbonyl (C=O) groups excluding carboxylic acids is 2. The number of primary amides is 1. The molecule has 1 aliphatic rings. The second kappa shape index (κ2) is 9.20. The fraction of sp³-hybridized carbons (Fsp3) is 0.444. The molecule has 1 heterocycles. The van der Waals surface area contributed by atoms with E-state index in [9.17, 15) is 9.59 Å². The highest BCUT2D eigenvalue weighted by Crippen LogP contribution is 2.09. The number of ether oxygens (including phenoxy) is 1. The van der Waals surface area contributed by atoms with Gasteiger partial charge in [0.15, 0.2) is 0 Å². The number of carbonyl (C=O) groups is 2. The molecule has 1 aromatic carbocycles. The summed E-state index contributed by atoms with van der Waals surface area (Å²) in [5.41, 5.74) is 6.48. The number of hydrogen-bond acceptors (Lipinski definition) is 4. The van der Waals surface area contributed by atoms with Gasteiger partial charge in [-0.2, -0.15) is 0 Å². The van der Waals surface area contributed by atoms with Crippen LogP contribution >= 0.6 is 0 Å². The monoisotopic (exact) mass is 331 g/mol. The van der Waals surface area contributed by atoms with E-state index in [-0.39, 0.29) is 5.91 Å². The number of amides is 2. The van der Waals surface area contributed by atoms with Crippen LogP contribution in [-0.4, -0.2) is 55.1 Å². The highest BCUT2D eigenvalue weighted by molar-refractivity contribution is 5.85. The first-order valence-corrected chi connectivity index (χ1v) is 8.18. The van der Waals surface area contributed by atoms with Crippen molar-refractivity contribution in [1.29, 1.82) is 0 Å². The smallest absolute Gasteiger partial charge is 0.240 e. The summed E-state index contributed by atoms with van der Waals surface area (Å²) in [6, 6.07) is 8.60. The number of benzene rings is 1. The Kier molecular flexibility index (Phi) is 6.96. The molecule has 1 saturated heterocycles. The van der Waals surface area contributed by atoms with Gasteiger partial charge in [-0.3, -0.25) is 14.9 Å². The van der Waals surface area contributed by atoms with E-state index >= 15 is 0 Å². The van der Waals surface area contributed by atoms with Gasteiger partial charge >= 0.3 is 0 Å². The van der Waals surface area contributed by atoms with Gasteiger partial charge in [0.2, 0.25) is 11.8 Å². The van der Waals surface area contributed by atoms with Crippen molar-refractivity contribution in [3.05, 3.63) is 48.6 Å². The molecule has 0 radical (unpaired) electrons. The lowest BCUT2D eigenvalue weighted by atomic mass is 10.0. The normalized spacial score (nSPS) is 17.1. The second-order valence-corrected chi connectivity index (χ2v) is 5.83. The van der Waals surface area contributed by atoms with E-state index in [4.69, 9.17) is 10.5 Å². The van der Waals surface area contributed by atoms with Crippen LogP contribution in [0.1, 0.15) is 12.0 Å². The van der Waals surface area contributed by atoms with Crippen LogP contribution < -0.4 is 11.1 Å². The molecule has 3 N–H and O–H groups in total. The fourth-order valence-electron chi connectivity index (χ4n) is 2.75. The predicted molar refractivity (Wildman–Crippen MR) is 92.3 cm³/mol. The molecule has 2 rings (SSSR count). The maximum absolute atomic E-state index is 12.9. The van der Waals surface area contributed by atoms with Crippen LogP contribution in [0.25, 0.3) is 0 Å². The summed E-state index contributed by atoms with van der Waals surface area (Å²) in [5.74, 6) is -0.514. The number of nitrogens with two attached hydrogens (primary N) is 1. The van der Waals surface area contributed by atoms with Crippen LogP contribution in [-0.2, 0) is 20.7 Å². The molecule has 6 heteroatoms. The molecule has 24 heavy (non-hydrogen) atoms. The zero-order valence-electron chi connectivity index (χ0n) is 13.8. The van der Waals surface area contributed by atoms with E-state index < -0.39 is 18.0 Å². The first kappa shape index (κ1) is 18.2. The van der Waals surface area contributed by atoms with Crippen LogP contribution in [0.5, 0.6) is 0 Å². The van der Waals surface area contributed by atoms with Gasteiger partial charge in [-0.05, 0) is 18.4 Å². The lowest BCUT2D eigenvalue weighted by Crippen LogP contribution is -2.56. The van der Waals surface area contributed by atoms with Crippen molar-refractivity contribution in [3.63, 3.8) is 0 Å². The van der Waals surface area contributed by atoms with Crippen molar-refractivity contribution < 1.29 is 14.3 Å². The van der Waals surface area contributed by atoms with Crippen molar-refractivity contribution in [1.82, 2.24) is 10.2 Å². The molecule has 6 nitrogen and oxygen atoms in total. The van der Waals surface area contributed by atoms with Crippen LogP contribution in [0.15, 0.2) is 43.0 Å². The van der Waals surface area contributed by atoms with E-state index in [2.05, 4.69) is 11.9 Å². The van der Waals surface area contributed by atoms with Crippen molar-refractivity contribution >= 4 is 11.8 Å². The molecule has 0 spiro atoms. The molecule has 0 aliphatic carbocycles. The number of nitrogens with zero attached hydrogens (tertiary/aromatic N) is 1. The molecule has 1 aliphatic heterocycles. The molecular formula is C18H25N3O3. The van der Waals surface area contributed by atoms with Crippen LogP contribution in [0, 0.1) is 0 Å². The van der Waals surface area contributed by atoms with Gasteiger partial charge < -0.3 is 15.4 Å². The first-order valence-electron chi connectivity index (χ1n) is 8.18. The van der Waals surface area contributed by atoms with E-state index in [0.29, 0.717) is 39.1 Å². The third-order valence-corrected chi connectivity index (χ3v) is 4.05. The standard InChI is InChI=1S/C18H25N3O3/c1-2-6-15(17(19)22)20-16(13-14-7-4-3-5-8-14)18(23)21-9-11-24-12-10-21/h2-5,7-8,15-16,20H,1,6,9-13H2,(H2,19,22)/t15-,16-/m0/s1. The summed E-state index contributed by atoms with van der Waals surface area (Å²) in [5, 5.41) is 3.12. The largest absolute Gasteiger partial charge is 0.378 e. The minimum absolute atomic E-state index is 0.0301. The molecule has 0 unspecified atom stereocenters. The third kappa shape index (κ3) is 5.18. The van der Waals surface area contributed by atoms with Gasteiger partial charge in [-0.25, -0.2) is 0 Å². The molecule has 0 bridgehead atoms. The Morgan fingerprint density at radius 2 is 1.92 bits per heavy atom. The Bertz CT molecular complexity index is 556. The molecule has 0 saturated carbocycles. The van der Waals surface area contributed by atoms with Crippen LogP contribution in [0.2, 0.25) is 0 Å². The maximum Gasteiger partial charge on any atom is 0.240 e. The number of morpholine rings is 1. The van der Waals surface area contributed by atoms with E-state index in [1.165, 1.54) is 0 Å². The number of nitrogens with one attached hydrogen (secondary N) is 1. The van der Waals surface area contributed by atoms with Crippen LogP contribution in [0.3, 0.4) is 0 Å². The molecule has 130 valence electrons. The summed E-state index contributed by atoms with van der Waals surface area (Å²) in [6.45, 7) is 5.85. The topological polar surface area (TPSA) is 84.7 Å². The first-order chi connectivity index (χ1) is 11.6. The molecular weight excluding hydrogens is 306 g/mol. The zero-order valence-corrected chi connectivity index (χ0v) is 13.8. The van der Waals surface area contributed by atoms with Crippen LogP contribution in [0.4, 0.5) is 0 Å². The highest BCUT2D eigenvalue weighted by atomic mass is 16.5. The summed E-state index contributed by atoms with van der Waals surface area (Å²) >= 11 is 0. The van der Waals surface area contributed by atoms with E-state index in [1.54, 1.807) is 11.0 Å². The SMILES string of the molecule is C=CC[C@H](N[C@@H](Cc1ccccc1)C(=O)N1CCOCC1)C(N)=O. The van der Waals surface area contributed by atoms with Crippen molar-refractivity contribution in [2.75, 3.05) is 26.3 Å². The van der Waals surface area contributed by atoms with Crippen molar-refractivity contribution in [2.24, 2.45) is 5.73 Å². The summed E-state index contributed by atoms with van der Waals surface area (Å²) in [6.07, 6.45) is 2.51. The molecule has 1 aromatic rings. The lowest BCUT2D eigenvalue weighted by Gasteiger charge is -2.32. The van der Waals surface area contributed by atoms with Crippen molar-refractivity contribution in [2.45, 2.75) is 24.9 Å². The van der Waals surface area contributed by atoms with Crippen molar-refractivity contribution in [3.8, 4) is 0 Å². The van der Waals surface area contributed by atoms with Gasteiger partial charge in [-0.1, -0.05) is 36.4 Å². The Balaban J connectivity index is 2.14. The maximum atomic E-state index is 12.9. The Hall–Kier alpha value is -2.18. The Labute approximate surface area is 142 Å². The molecule has 2 atom stereocenters.